The molecule has 4 nitrogen and oxygen atoms in total. The van der Waals surface area contributed by atoms with Gasteiger partial charge in [0.05, 0.1) is 16.6 Å². The van der Waals surface area contributed by atoms with Crippen molar-refractivity contribution in [2.45, 2.75) is 40.5 Å². The first-order chi connectivity index (χ1) is 11.6. The maximum Gasteiger partial charge on any atom is 0.157 e. The van der Waals surface area contributed by atoms with Gasteiger partial charge in [-0.3, -0.25) is 4.40 Å². The van der Waals surface area contributed by atoms with Crippen molar-refractivity contribution in [3.63, 3.8) is 0 Å². The number of imidazole rings is 1. The number of hydrogen-bond acceptors (Lipinski definition) is 3. The summed E-state index contributed by atoms with van der Waals surface area (Å²) in [4.78, 5) is 4.74. The van der Waals surface area contributed by atoms with E-state index < -0.39 is 0 Å². The lowest BCUT2D eigenvalue weighted by atomic mass is 10.0. The van der Waals surface area contributed by atoms with E-state index in [1.54, 1.807) is 0 Å². The van der Waals surface area contributed by atoms with Crippen LogP contribution in [0, 0.1) is 24.2 Å². The molecule has 0 spiro atoms. The molecule has 0 atom stereocenters. The molecule has 3 rings (SSSR count). The Morgan fingerprint density at radius 2 is 2.04 bits per heavy atom. The molecule has 1 aromatic carbocycles. The topological polar surface area (TPSA) is 53.1 Å². The fourth-order valence-corrected chi connectivity index (χ4v) is 3.23. The summed E-state index contributed by atoms with van der Waals surface area (Å²) in [5.74, 6) is 1.63. The first-order valence-corrected chi connectivity index (χ1v) is 8.65. The van der Waals surface area contributed by atoms with Gasteiger partial charge in [0.2, 0.25) is 0 Å². The number of nitrogens with zero attached hydrogens (tertiary/aromatic N) is 3. The summed E-state index contributed by atoms with van der Waals surface area (Å²) in [5, 5.41) is 13.3. The van der Waals surface area contributed by atoms with Crippen LogP contribution in [0.4, 0.5) is 5.82 Å². The third-order valence-corrected chi connectivity index (χ3v) is 4.41. The van der Waals surface area contributed by atoms with Crippen molar-refractivity contribution < 1.29 is 0 Å². The predicted octanol–water partition coefficient (Wildman–Crippen LogP) is 4.69. The highest BCUT2D eigenvalue weighted by Gasteiger charge is 2.20. The second-order valence-electron chi connectivity index (χ2n) is 6.72. The second-order valence-corrected chi connectivity index (χ2v) is 6.72. The molecule has 1 N–H and O–H groups in total. The van der Waals surface area contributed by atoms with Gasteiger partial charge in [-0.25, -0.2) is 4.98 Å². The Bertz CT molecular complexity index is 928. The van der Waals surface area contributed by atoms with Gasteiger partial charge < -0.3 is 5.32 Å². The van der Waals surface area contributed by atoms with Gasteiger partial charge >= 0.3 is 0 Å². The van der Waals surface area contributed by atoms with Crippen LogP contribution in [0.25, 0.3) is 16.7 Å². The smallest absolute Gasteiger partial charge is 0.157 e. The molecule has 0 amide bonds. The highest BCUT2D eigenvalue weighted by atomic mass is 15.1. The number of nitrogens with one attached hydrogen (secondary N) is 1. The number of anilines is 1. The van der Waals surface area contributed by atoms with E-state index in [0.717, 1.165) is 47.4 Å². The molecule has 0 saturated heterocycles. The molecule has 24 heavy (non-hydrogen) atoms. The van der Waals surface area contributed by atoms with E-state index in [4.69, 9.17) is 4.98 Å². The van der Waals surface area contributed by atoms with Crippen LogP contribution in [0.1, 0.15) is 43.9 Å². The molecule has 0 aliphatic rings. The Morgan fingerprint density at radius 3 is 2.71 bits per heavy atom. The number of para-hydroxylation sites is 2. The molecule has 0 radical (unpaired) electrons. The van der Waals surface area contributed by atoms with E-state index in [1.807, 2.05) is 25.1 Å². The normalized spacial score (nSPS) is 11.3. The predicted molar refractivity (Wildman–Crippen MR) is 99.5 cm³/mol. The van der Waals surface area contributed by atoms with Crippen molar-refractivity contribution in [3.8, 4) is 6.07 Å². The molecule has 0 unspecified atom stereocenters. The Balaban J connectivity index is 2.42. The van der Waals surface area contributed by atoms with Gasteiger partial charge in [-0.15, -0.1) is 0 Å². The molecule has 0 aliphatic heterocycles. The number of rotatable bonds is 5. The molecule has 124 valence electrons. The molecule has 0 bridgehead atoms. The highest BCUT2D eigenvalue weighted by molar-refractivity contribution is 5.86. The van der Waals surface area contributed by atoms with Crippen LogP contribution < -0.4 is 5.32 Å². The molecule has 0 aliphatic carbocycles. The van der Waals surface area contributed by atoms with Crippen molar-refractivity contribution in [2.75, 3.05) is 11.9 Å². The summed E-state index contributed by atoms with van der Waals surface area (Å²) in [6.45, 7) is 9.51. The first-order valence-electron chi connectivity index (χ1n) is 8.65. The summed E-state index contributed by atoms with van der Waals surface area (Å²) >= 11 is 0. The summed E-state index contributed by atoms with van der Waals surface area (Å²) in [6.07, 6.45) is 1.99. The van der Waals surface area contributed by atoms with Crippen molar-refractivity contribution in [1.29, 1.82) is 5.26 Å². The van der Waals surface area contributed by atoms with Gasteiger partial charge in [-0.2, -0.15) is 5.26 Å². The Morgan fingerprint density at radius 1 is 1.29 bits per heavy atom. The average molecular weight is 320 g/mol. The minimum atomic E-state index is 0.542. The standard InChI is InChI=1S/C20H24N4/c1-5-8-15-14(4)16(11-21)20-23-17-9-6-7-10-18(17)24(20)19(15)22-12-13(2)3/h6-7,9-10,13,22H,5,8,12H2,1-4H3. The van der Waals surface area contributed by atoms with Gasteiger partial charge in [0, 0.05) is 6.54 Å². The largest absolute Gasteiger partial charge is 0.371 e. The molecule has 0 fully saturated rings. The number of nitriles is 1. The Kier molecular flexibility index (Phi) is 4.44. The van der Waals surface area contributed by atoms with Gasteiger partial charge in [0.25, 0.3) is 0 Å². The van der Waals surface area contributed by atoms with Crippen molar-refractivity contribution in [1.82, 2.24) is 9.38 Å². The van der Waals surface area contributed by atoms with Crippen molar-refractivity contribution in [2.24, 2.45) is 5.92 Å². The lowest BCUT2D eigenvalue weighted by Crippen LogP contribution is -2.15. The maximum absolute atomic E-state index is 9.72. The molecule has 3 aromatic rings. The minimum Gasteiger partial charge on any atom is -0.371 e. The SMILES string of the molecule is CCCc1c(C)c(C#N)c2nc3ccccc3n2c1NCC(C)C. The zero-order valence-corrected chi connectivity index (χ0v) is 14.8. The van der Waals surface area contributed by atoms with E-state index >= 15 is 0 Å². The molecule has 0 saturated carbocycles. The third kappa shape index (κ3) is 2.60. The van der Waals surface area contributed by atoms with Gasteiger partial charge in [-0.1, -0.05) is 39.3 Å². The summed E-state index contributed by atoms with van der Waals surface area (Å²) < 4.78 is 2.13. The quantitative estimate of drug-likeness (QED) is 0.742. The van der Waals surface area contributed by atoms with Crippen LogP contribution in [0.5, 0.6) is 0 Å². The van der Waals surface area contributed by atoms with E-state index in [1.165, 1.54) is 5.56 Å². The second kappa shape index (κ2) is 6.52. The fraction of sp³-hybridized carbons (Fsp3) is 0.400. The van der Waals surface area contributed by atoms with E-state index in [2.05, 4.69) is 42.6 Å². The third-order valence-electron chi connectivity index (χ3n) is 4.41. The summed E-state index contributed by atoms with van der Waals surface area (Å²) in [5.41, 5.74) is 5.69. The van der Waals surface area contributed by atoms with E-state index in [-0.39, 0.29) is 0 Å². The van der Waals surface area contributed by atoms with Crippen LogP contribution >= 0.6 is 0 Å². The van der Waals surface area contributed by atoms with Crippen LogP contribution in [0.3, 0.4) is 0 Å². The van der Waals surface area contributed by atoms with Crippen LogP contribution in [0.15, 0.2) is 24.3 Å². The molecular formula is C20H24N4. The summed E-state index contributed by atoms with van der Waals surface area (Å²) in [6, 6.07) is 10.5. The Labute approximate surface area is 143 Å². The maximum atomic E-state index is 9.72. The molecule has 4 heteroatoms. The Hall–Kier alpha value is -2.54. The molecular weight excluding hydrogens is 296 g/mol. The lowest BCUT2D eigenvalue weighted by Gasteiger charge is -2.19. The zero-order chi connectivity index (χ0) is 17.3. The zero-order valence-electron chi connectivity index (χ0n) is 14.8. The number of hydrogen-bond donors (Lipinski definition) is 1. The number of benzene rings is 1. The van der Waals surface area contributed by atoms with Crippen molar-refractivity contribution in [3.05, 3.63) is 41.0 Å². The fourth-order valence-electron chi connectivity index (χ4n) is 3.23. The number of aromatic nitrogens is 2. The highest BCUT2D eigenvalue weighted by Crippen LogP contribution is 2.31. The monoisotopic (exact) mass is 320 g/mol. The van der Waals surface area contributed by atoms with Gasteiger partial charge in [0.1, 0.15) is 11.9 Å². The van der Waals surface area contributed by atoms with Crippen LogP contribution in [-0.4, -0.2) is 15.9 Å². The van der Waals surface area contributed by atoms with E-state index in [9.17, 15) is 5.26 Å². The molecule has 2 heterocycles. The van der Waals surface area contributed by atoms with Crippen LogP contribution in [-0.2, 0) is 6.42 Å². The summed E-state index contributed by atoms with van der Waals surface area (Å²) in [7, 11) is 0. The lowest BCUT2D eigenvalue weighted by molar-refractivity contribution is 0.685. The molecule has 2 aromatic heterocycles. The first kappa shape index (κ1) is 16.3. The average Bonchev–Trinajstić information content (AvgIpc) is 2.94. The number of pyridine rings is 1. The van der Waals surface area contributed by atoms with Gasteiger partial charge in [-0.05, 0) is 42.5 Å². The minimum absolute atomic E-state index is 0.542. The van der Waals surface area contributed by atoms with Crippen LogP contribution in [0.2, 0.25) is 0 Å². The van der Waals surface area contributed by atoms with Gasteiger partial charge in [0.15, 0.2) is 5.65 Å². The number of fused-ring (bicyclic) bond motifs is 3. The van der Waals surface area contributed by atoms with E-state index in [0.29, 0.717) is 11.5 Å². The van der Waals surface area contributed by atoms with Crippen molar-refractivity contribution >= 4 is 22.5 Å².